The lowest BCUT2D eigenvalue weighted by atomic mass is 10.2. The fourth-order valence-electron chi connectivity index (χ4n) is 2.47. The van der Waals surface area contributed by atoms with Crippen molar-refractivity contribution >= 4 is 35.1 Å². The van der Waals surface area contributed by atoms with Gasteiger partial charge in [-0.3, -0.25) is 9.69 Å². The van der Waals surface area contributed by atoms with Crippen molar-refractivity contribution in [1.29, 1.82) is 0 Å². The molecule has 1 aromatic carbocycles. The summed E-state index contributed by atoms with van der Waals surface area (Å²) >= 11 is 1.50. The van der Waals surface area contributed by atoms with Crippen molar-refractivity contribution < 1.29 is 14.3 Å². The first-order chi connectivity index (χ1) is 10.2. The maximum atomic E-state index is 12.0. The highest BCUT2D eigenvalue weighted by Gasteiger charge is 2.32. The van der Waals surface area contributed by atoms with Gasteiger partial charge in [-0.25, -0.2) is 4.79 Å². The standard InChI is InChI=1S/C14H17N3O3S/c15-5-1-2-10-7-17(14(19)20-10)9-3-4-12-11(6-9)16-13(18)8-21-12/h3-4,6,10H,1-2,5,7-8,15H2,(H,16,18). The average molecular weight is 307 g/mol. The number of cyclic esters (lactones) is 1. The van der Waals surface area contributed by atoms with E-state index in [1.54, 1.807) is 4.90 Å². The molecule has 0 bridgehead atoms. The van der Waals surface area contributed by atoms with E-state index < -0.39 is 0 Å². The molecule has 0 radical (unpaired) electrons. The Balaban J connectivity index is 1.76. The fourth-order valence-corrected chi connectivity index (χ4v) is 3.26. The number of thioether (sulfide) groups is 1. The molecule has 1 fully saturated rings. The Morgan fingerprint density at radius 1 is 1.43 bits per heavy atom. The van der Waals surface area contributed by atoms with Gasteiger partial charge in [-0.15, -0.1) is 11.8 Å². The number of nitrogens with two attached hydrogens (primary N) is 1. The molecule has 0 aliphatic carbocycles. The second-order valence-corrected chi connectivity index (χ2v) is 6.08. The summed E-state index contributed by atoms with van der Waals surface area (Å²) in [6.45, 7) is 1.12. The Kier molecular flexibility index (Phi) is 4.03. The zero-order valence-corrected chi connectivity index (χ0v) is 12.3. The summed E-state index contributed by atoms with van der Waals surface area (Å²) in [6.07, 6.45) is 1.16. The van der Waals surface area contributed by atoms with Gasteiger partial charge in [-0.1, -0.05) is 0 Å². The molecule has 6 nitrogen and oxygen atoms in total. The molecule has 3 rings (SSSR count). The Hall–Kier alpha value is -1.73. The van der Waals surface area contributed by atoms with E-state index in [0.717, 1.165) is 29.1 Å². The van der Waals surface area contributed by atoms with Gasteiger partial charge in [0.1, 0.15) is 6.10 Å². The maximum Gasteiger partial charge on any atom is 0.414 e. The number of anilines is 2. The van der Waals surface area contributed by atoms with Crippen LogP contribution in [0.1, 0.15) is 12.8 Å². The summed E-state index contributed by atoms with van der Waals surface area (Å²) in [5, 5.41) is 2.83. The first-order valence-electron chi connectivity index (χ1n) is 6.92. The maximum absolute atomic E-state index is 12.0. The van der Waals surface area contributed by atoms with Crippen LogP contribution in [0.5, 0.6) is 0 Å². The van der Waals surface area contributed by atoms with Gasteiger partial charge >= 0.3 is 6.09 Å². The Morgan fingerprint density at radius 3 is 3.10 bits per heavy atom. The number of hydrogen-bond acceptors (Lipinski definition) is 5. The fraction of sp³-hybridized carbons (Fsp3) is 0.429. The number of carbonyl (C=O) groups excluding carboxylic acids is 2. The normalized spacial score (nSPS) is 21.0. The highest BCUT2D eigenvalue weighted by molar-refractivity contribution is 8.00. The lowest BCUT2D eigenvalue weighted by molar-refractivity contribution is -0.113. The summed E-state index contributed by atoms with van der Waals surface area (Å²) in [4.78, 5) is 26.0. The lowest BCUT2D eigenvalue weighted by Crippen LogP contribution is -2.25. The van der Waals surface area contributed by atoms with E-state index >= 15 is 0 Å². The monoisotopic (exact) mass is 307 g/mol. The van der Waals surface area contributed by atoms with Crippen molar-refractivity contribution in [2.45, 2.75) is 23.8 Å². The number of benzene rings is 1. The number of amides is 2. The van der Waals surface area contributed by atoms with Gasteiger partial charge in [-0.05, 0) is 37.6 Å². The highest BCUT2D eigenvalue weighted by atomic mass is 32.2. The molecule has 21 heavy (non-hydrogen) atoms. The predicted molar refractivity (Wildman–Crippen MR) is 81.7 cm³/mol. The van der Waals surface area contributed by atoms with Crippen molar-refractivity contribution in [2.75, 3.05) is 29.1 Å². The molecule has 2 aliphatic rings. The van der Waals surface area contributed by atoms with Crippen LogP contribution >= 0.6 is 11.8 Å². The molecule has 2 aliphatic heterocycles. The third-order valence-electron chi connectivity index (χ3n) is 3.51. The predicted octanol–water partition coefficient (Wildman–Crippen LogP) is 1.79. The van der Waals surface area contributed by atoms with Crippen LogP contribution in [-0.4, -0.2) is 36.9 Å². The smallest absolute Gasteiger partial charge is 0.414 e. The van der Waals surface area contributed by atoms with Crippen LogP contribution in [0.2, 0.25) is 0 Å². The van der Waals surface area contributed by atoms with Crippen molar-refractivity contribution in [2.24, 2.45) is 5.73 Å². The van der Waals surface area contributed by atoms with Crippen LogP contribution in [0.3, 0.4) is 0 Å². The van der Waals surface area contributed by atoms with Crippen molar-refractivity contribution in [1.82, 2.24) is 0 Å². The minimum Gasteiger partial charge on any atom is -0.444 e. The van der Waals surface area contributed by atoms with E-state index in [4.69, 9.17) is 10.5 Å². The molecule has 2 heterocycles. The molecular weight excluding hydrogens is 290 g/mol. The van der Waals surface area contributed by atoms with Crippen LogP contribution in [0.25, 0.3) is 0 Å². The number of rotatable bonds is 4. The third kappa shape index (κ3) is 2.98. The second-order valence-electron chi connectivity index (χ2n) is 5.06. The Morgan fingerprint density at radius 2 is 2.29 bits per heavy atom. The van der Waals surface area contributed by atoms with Gasteiger partial charge in [0, 0.05) is 10.6 Å². The van der Waals surface area contributed by atoms with E-state index in [2.05, 4.69) is 5.32 Å². The molecule has 0 aromatic heterocycles. The van der Waals surface area contributed by atoms with Crippen LogP contribution in [-0.2, 0) is 9.53 Å². The number of hydrogen-bond donors (Lipinski definition) is 2. The molecule has 112 valence electrons. The highest BCUT2D eigenvalue weighted by Crippen LogP contribution is 2.35. The Labute approximate surface area is 127 Å². The van der Waals surface area contributed by atoms with Gasteiger partial charge in [0.2, 0.25) is 5.91 Å². The first-order valence-corrected chi connectivity index (χ1v) is 7.91. The Bertz CT molecular complexity index is 579. The van der Waals surface area contributed by atoms with E-state index in [1.807, 2.05) is 18.2 Å². The molecule has 1 saturated heterocycles. The van der Waals surface area contributed by atoms with Crippen LogP contribution in [0.4, 0.5) is 16.2 Å². The number of nitrogens with zero attached hydrogens (tertiary/aromatic N) is 1. The molecule has 7 heteroatoms. The third-order valence-corrected chi connectivity index (χ3v) is 4.59. The van der Waals surface area contributed by atoms with E-state index in [0.29, 0.717) is 18.8 Å². The molecule has 0 saturated carbocycles. The summed E-state index contributed by atoms with van der Waals surface area (Å²) < 4.78 is 5.33. The van der Waals surface area contributed by atoms with Gasteiger partial charge in [-0.2, -0.15) is 0 Å². The molecule has 1 unspecified atom stereocenters. The minimum atomic E-state index is -0.341. The second kappa shape index (κ2) is 5.95. The molecule has 3 N–H and O–H groups in total. The summed E-state index contributed by atoms with van der Waals surface area (Å²) in [5.41, 5.74) is 6.98. The van der Waals surface area contributed by atoms with E-state index in [-0.39, 0.29) is 18.1 Å². The molecule has 0 spiro atoms. The number of nitrogens with one attached hydrogen (secondary N) is 1. The molecule has 2 amide bonds. The van der Waals surface area contributed by atoms with Crippen LogP contribution in [0, 0.1) is 0 Å². The van der Waals surface area contributed by atoms with E-state index in [9.17, 15) is 9.59 Å². The molecule has 1 atom stereocenters. The zero-order valence-electron chi connectivity index (χ0n) is 11.5. The first kappa shape index (κ1) is 14.2. The molecule has 1 aromatic rings. The van der Waals surface area contributed by atoms with Gasteiger partial charge in [0.15, 0.2) is 0 Å². The summed E-state index contributed by atoms with van der Waals surface area (Å²) in [7, 11) is 0. The number of fused-ring (bicyclic) bond motifs is 1. The summed E-state index contributed by atoms with van der Waals surface area (Å²) in [6, 6.07) is 5.64. The average Bonchev–Trinajstić information content (AvgIpc) is 2.85. The lowest BCUT2D eigenvalue weighted by Gasteiger charge is -2.19. The number of ether oxygens (including phenoxy) is 1. The van der Waals surface area contributed by atoms with E-state index in [1.165, 1.54) is 11.8 Å². The van der Waals surface area contributed by atoms with Gasteiger partial charge in [0.25, 0.3) is 0 Å². The van der Waals surface area contributed by atoms with Gasteiger partial charge in [0.05, 0.1) is 18.0 Å². The topological polar surface area (TPSA) is 84.7 Å². The summed E-state index contributed by atoms with van der Waals surface area (Å²) in [5.74, 6) is 0.411. The number of carbonyl (C=O) groups is 2. The largest absolute Gasteiger partial charge is 0.444 e. The SMILES string of the molecule is NCCCC1CN(c2ccc3c(c2)NC(=O)CS3)C(=O)O1. The quantitative estimate of drug-likeness (QED) is 0.886. The minimum absolute atomic E-state index is 0.0190. The van der Waals surface area contributed by atoms with Gasteiger partial charge < -0.3 is 15.8 Å². The van der Waals surface area contributed by atoms with Crippen molar-refractivity contribution in [3.8, 4) is 0 Å². The van der Waals surface area contributed by atoms with Crippen molar-refractivity contribution in [3.05, 3.63) is 18.2 Å². The zero-order chi connectivity index (χ0) is 14.8. The van der Waals surface area contributed by atoms with Crippen LogP contribution < -0.4 is 16.0 Å². The van der Waals surface area contributed by atoms with Crippen molar-refractivity contribution in [3.63, 3.8) is 0 Å². The van der Waals surface area contributed by atoms with Crippen LogP contribution in [0.15, 0.2) is 23.1 Å². The molecular formula is C14H17N3O3S.